The fraction of sp³-hybridized carbons (Fsp3) is 0.645. The van der Waals surface area contributed by atoms with Crippen LogP contribution in [0.4, 0.5) is 42.8 Å². The molecule has 1 unspecified atom stereocenters. The first-order chi connectivity index (χ1) is 20.9. The number of benzene rings is 1. The molecule has 45 heavy (non-hydrogen) atoms. The second kappa shape index (κ2) is 13.2. The van der Waals surface area contributed by atoms with E-state index in [0.29, 0.717) is 50.9 Å². The van der Waals surface area contributed by atoms with Crippen LogP contribution in [0.5, 0.6) is 0 Å². The smallest absolute Gasteiger partial charge is 0.416 e. The number of hydrogen-bond acceptors (Lipinski definition) is 7. The lowest BCUT2D eigenvalue weighted by molar-refractivity contribution is -0.143. The molecule has 2 aliphatic heterocycles. The minimum atomic E-state index is -4.99. The molecule has 250 valence electrons. The van der Waals surface area contributed by atoms with Gasteiger partial charge < -0.3 is 24.5 Å². The molecule has 14 heteroatoms. The van der Waals surface area contributed by atoms with Crippen molar-refractivity contribution in [2.45, 2.75) is 115 Å². The van der Waals surface area contributed by atoms with Gasteiger partial charge in [-0.25, -0.2) is 14.8 Å². The number of ether oxygens (including phenoxy) is 1. The molecule has 0 aliphatic carbocycles. The average Bonchev–Trinajstić information content (AvgIpc) is 3.39. The molecular formula is C31H41F6N5O3. The number of aromatic nitrogens is 2. The number of likely N-dealkylation sites (tertiary alicyclic amines) is 1. The Labute approximate surface area is 259 Å². The number of amides is 1. The minimum Gasteiger partial charge on any atom is -0.444 e. The van der Waals surface area contributed by atoms with Crippen LogP contribution >= 0.6 is 0 Å². The van der Waals surface area contributed by atoms with Crippen LogP contribution < -0.4 is 9.80 Å². The monoisotopic (exact) mass is 645 g/mol. The molecule has 4 atom stereocenters. The number of carbonyl (C=O) groups excluding carboxylic acids is 1. The number of halogens is 6. The first-order valence-corrected chi connectivity index (χ1v) is 15.2. The maximum Gasteiger partial charge on any atom is 0.416 e. The molecule has 3 heterocycles. The largest absolute Gasteiger partial charge is 0.444 e. The van der Waals surface area contributed by atoms with E-state index >= 15 is 0 Å². The number of aliphatic hydroxyl groups is 1. The molecule has 0 spiro atoms. The molecule has 2 aliphatic rings. The van der Waals surface area contributed by atoms with E-state index in [0.717, 1.165) is 12.1 Å². The standard InChI is InChI=1S/C31H41F6N5O3/c1-6-22-13-24(14-23(7-2)42(22)28(44)45-29(3,4)5)41(27-38-15-25(16-39-27)40-9-8-26(43)18-40)17-19-10-20(30(32,33)34)12-21(11-19)31(35,36)37/h10-12,15-16,22-24,26,43H,6-9,13-14,17-18H2,1-5H3/t22-,23+,24?,26-/m0/s1. The van der Waals surface area contributed by atoms with Crippen LogP contribution in [0.25, 0.3) is 0 Å². The molecule has 8 nitrogen and oxygen atoms in total. The summed E-state index contributed by atoms with van der Waals surface area (Å²) in [4.78, 5) is 27.6. The summed E-state index contributed by atoms with van der Waals surface area (Å²) in [6.45, 7) is 9.83. The molecule has 2 fully saturated rings. The lowest BCUT2D eigenvalue weighted by atomic mass is 9.87. The Morgan fingerprint density at radius 2 is 1.49 bits per heavy atom. The lowest BCUT2D eigenvalue weighted by Crippen LogP contribution is -2.57. The third-order valence-corrected chi connectivity index (χ3v) is 8.27. The van der Waals surface area contributed by atoms with Gasteiger partial charge in [-0.3, -0.25) is 0 Å². The predicted molar refractivity (Wildman–Crippen MR) is 157 cm³/mol. The van der Waals surface area contributed by atoms with Crippen LogP contribution in [0.1, 0.15) is 83.4 Å². The van der Waals surface area contributed by atoms with Crippen LogP contribution in [0, 0.1) is 0 Å². The summed E-state index contributed by atoms with van der Waals surface area (Å²) in [5.74, 6) is 0.143. The van der Waals surface area contributed by atoms with E-state index in [9.17, 15) is 36.2 Å². The van der Waals surface area contributed by atoms with Crippen molar-refractivity contribution >= 4 is 17.7 Å². The Bertz CT molecular complexity index is 1270. The molecule has 0 bridgehead atoms. The highest BCUT2D eigenvalue weighted by atomic mass is 19.4. The van der Waals surface area contributed by atoms with Gasteiger partial charge in [-0.1, -0.05) is 13.8 Å². The van der Waals surface area contributed by atoms with Crippen LogP contribution in [0.3, 0.4) is 0 Å². The normalized spacial score (nSPS) is 22.9. The van der Waals surface area contributed by atoms with E-state index in [1.54, 1.807) is 43.0 Å². The molecule has 2 aromatic rings. The minimum absolute atomic E-state index is 0.114. The van der Waals surface area contributed by atoms with Crippen LogP contribution in [-0.2, 0) is 23.6 Å². The summed E-state index contributed by atoms with van der Waals surface area (Å²) in [6, 6.07) is 0.553. The Kier molecular flexibility index (Phi) is 10.2. The molecule has 1 amide bonds. The average molecular weight is 646 g/mol. The number of alkyl halides is 6. The predicted octanol–water partition coefficient (Wildman–Crippen LogP) is 7.05. The summed E-state index contributed by atoms with van der Waals surface area (Å²) in [7, 11) is 0. The highest BCUT2D eigenvalue weighted by Crippen LogP contribution is 2.38. The van der Waals surface area contributed by atoms with Crippen LogP contribution in [0.2, 0.25) is 0 Å². The number of β-amino-alcohol motifs (C(OH)–C–C–N with tert-alkyl or cyclic N) is 1. The van der Waals surface area contributed by atoms with E-state index < -0.39 is 47.3 Å². The maximum absolute atomic E-state index is 13.7. The Morgan fingerprint density at radius 1 is 0.956 bits per heavy atom. The van der Waals surface area contributed by atoms with Gasteiger partial charge in [-0.05, 0) is 76.6 Å². The van der Waals surface area contributed by atoms with Gasteiger partial charge in [0.15, 0.2) is 0 Å². The number of hydrogen-bond donors (Lipinski definition) is 1. The SMILES string of the molecule is CC[C@@H]1CC(N(Cc2cc(C(F)(F)F)cc(C(F)(F)F)c2)c2ncc(N3CC[C@H](O)C3)cn2)C[C@H](CC)N1C(=O)OC(C)(C)C. The molecular weight excluding hydrogens is 604 g/mol. The molecule has 0 radical (unpaired) electrons. The second-order valence-electron chi connectivity index (χ2n) is 12.8. The molecule has 1 aromatic heterocycles. The quantitative estimate of drug-likeness (QED) is 0.323. The first-order valence-electron chi connectivity index (χ1n) is 15.2. The van der Waals surface area contributed by atoms with E-state index in [1.165, 1.54) is 0 Å². The van der Waals surface area contributed by atoms with Crippen molar-refractivity contribution in [3.8, 4) is 0 Å². The van der Waals surface area contributed by atoms with Gasteiger partial charge >= 0.3 is 18.4 Å². The Morgan fingerprint density at radius 3 is 1.91 bits per heavy atom. The summed E-state index contributed by atoms with van der Waals surface area (Å²) >= 11 is 0. The van der Waals surface area contributed by atoms with Gasteiger partial charge in [-0.2, -0.15) is 26.3 Å². The molecule has 2 saturated heterocycles. The second-order valence-corrected chi connectivity index (χ2v) is 12.8. The zero-order valence-electron chi connectivity index (χ0n) is 26.1. The zero-order valence-corrected chi connectivity index (χ0v) is 26.1. The fourth-order valence-electron chi connectivity index (χ4n) is 6.12. The van der Waals surface area contributed by atoms with Gasteiger partial charge in [0.2, 0.25) is 5.95 Å². The summed E-state index contributed by atoms with van der Waals surface area (Å²) in [5.41, 5.74) is -3.06. The van der Waals surface area contributed by atoms with Crippen molar-refractivity contribution in [2.75, 3.05) is 22.9 Å². The third kappa shape index (κ3) is 8.50. The van der Waals surface area contributed by atoms with E-state index in [2.05, 4.69) is 9.97 Å². The zero-order chi connectivity index (χ0) is 33.3. The Hall–Kier alpha value is -3.29. The van der Waals surface area contributed by atoms with Crippen LogP contribution in [0.15, 0.2) is 30.6 Å². The molecule has 1 N–H and O–H groups in total. The molecule has 0 saturated carbocycles. The van der Waals surface area contributed by atoms with Crippen LogP contribution in [-0.4, -0.2) is 69.0 Å². The number of anilines is 2. The lowest BCUT2D eigenvalue weighted by Gasteiger charge is -2.48. The van der Waals surface area contributed by atoms with Crippen molar-refractivity contribution in [3.05, 3.63) is 47.3 Å². The maximum atomic E-state index is 13.7. The van der Waals surface area contributed by atoms with Crippen molar-refractivity contribution in [3.63, 3.8) is 0 Å². The number of piperidine rings is 1. The van der Waals surface area contributed by atoms with Crippen molar-refractivity contribution < 1.29 is 41.0 Å². The fourth-order valence-corrected chi connectivity index (χ4v) is 6.12. The van der Waals surface area contributed by atoms with Crippen molar-refractivity contribution in [2.24, 2.45) is 0 Å². The van der Waals surface area contributed by atoms with Gasteiger partial charge in [0.05, 0.1) is 35.3 Å². The van der Waals surface area contributed by atoms with Gasteiger partial charge in [0.1, 0.15) is 5.60 Å². The van der Waals surface area contributed by atoms with Gasteiger partial charge in [0.25, 0.3) is 0 Å². The third-order valence-electron chi connectivity index (χ3n) is 8.27. The van der Waals surface area contributed by atoms with Crippen molar-refractivity contribution in [1.82, 2.24) is 14.9 Å². The number of aliphatic hydroxyl groups excluding tert-OH is 1. The Balaban J connectivity index is 1.74. The number of nitrogens with zero attached hydrogens (tertiary/aromatic N) is 5. The van der Waals surface area contributed by atoms with Crippen molar-refractivity contribution in [1.29, 1.82) is 0 Å². The van der Waals surface area contributed by atoms with E-state index in [4.69, 9.17) is 4.74 Å². The summed E-state index contributed by atoms with van der Waals surface area (Å²) < 4.78 is 88.0. The molecule has 4 rings (SSSR count). The highest BCUT2D eigenvalue weighted by Gasteiger charge is 2.42. The molecule has 1 aromatic carbocycles. The summed E-state index contributed by atoms with van der Waals surface area (Å²) in [6.07, 6.45) is -5.39. The van der Waals surface area contributed by atoms with Gasteiger partial charge in [0, 0.05) is 37.8 Å². The van der Waals surface area contributed by atoms with E-state index in [1.807, 2.05) is 18.7 Å². The van der Waals surface area contributed by atoms with Gasteiger partial charge in [-0.15, -0.1) is 0 Å². The highest BCUT2D eigenvalue weighted by molar-refractivity contribution is 5.69. The first kappa shape index (κ1) is 34.6. The van der Waals surface area contributed by atoms with E-state index in [-0.39, 0.29) is 36.2 Å². The topological polar surface area (TPSA) is 82.0 Å². The number of carbonyl (C=O) groups is 1. The number of rotatable bonds is 7. The summed E-state index contributed by atoms with van der Waals surface area (Å²) in [5, 5.41) is 9.93.